The Labute approximate surface area is 143 Å². The van der Waals surface area contributed by atoms with E-state index in [0.717, 1.165) is 25.3 Å². The molecular formula is C16H23ClN2O5. The van der Waals surface area contributed by atoms with E-state index in [4.69, 9.17) is 23.4 Å². The minimum atomic E-state index is -4.69. The summed E-state index contributed by atoms with van der Waals surface area (Å²) in [5.74, 6) is 0.964. The van der Waals surface area contributed by atoms with E-state index in [0.29, 0.717) is 0 Å². The lowest BCUT2D eigenvalue weighted by Crippen LogP contribution is -2.58. The highest BCUT2D eigenvalue weighted by atomic mass is 35.7. The average molecular weight is 359 g/mol. The molecule has 2 aromatic rings. The van der Waals surface area contributed by atoms with Crippen LogP contribution in [0.25, 0.3) is 0 Å². The van der Waals surface area contributed by atoms with Crippen LogP contribution in [0.4, 0.5) is 0 Å². The monoisotopic (exact) mass is 358 g/mol. The Morgan fingerprint density at radius 3 is 2.33 bits per heavy atom. The third kappa shape index (κ3) is 11.0. The minimum absolute atomic E-state index is 0.820. The zero-order valence-corrected chi connectivity index (χ0v) is 14.4. The van der Waals surface area contributed by atoms with E-state index in [9.17, 15) is 0 Å². The summed E-state index contributed by atoms with van der Waals surface area (Å²) in [4.78, 5) is 4.04. The Morgan fingerprint density at radius 1 is 1.12 bits per heavy atom. The Hall–Kier alpha value is -1.64. The summed E-state index contributed by atoms with van der Waals surface area (Å²) in [7, 11) is -4.69. The smallest absolute Gasteiger partial charge is 0.119 e. The summed E-state index contributed by atoms with van der Waals surface area (Å²) in [6.07, 6.45) is 10.6. The Morgan fingerprint density at radius 2 is 1.79 bits per heavy atom. The van der Waals surface area contributed by atoms with Gasteiger partial charge in [-0.1, -0.05) is 38.3 Å². The molecular weight excluding hydrogens is 336 g/mol. The Balaban J connectivity index is 0.000000505. The molecule has 8 heteroatoms. The lowest BCUT2D eigenvalue weighted by molar-refractivity contribution is -1.92. The van der Waals surface area contributed by atoms with E-state index in [2.05, 4.69) is 28.6 Å². The molecule has 0 aliphatic heterocycles. The molecule has 0 saturated carbocycles. The third-order valence-corrected chi connectivity index (χ3v) is 3.11. The topological polar surface area (TPSA) is 116 Å². The number of nitrogens with zero attached hydrogens (tertiary/aromatic N) is 2. The van der Waals surface area contributed by atoms with Gasteiger partial charge in [0.25, 0.3) is 0 Å². The molecule has 0 aliphatic carbocycles. The van der Waals surface area contributed by atoms with Gasteiger partial charge in [-0.3, -0.25) is 0 Å². The molecule has 134 valence electrons. The molecule has 1 heterocycles. The first kappa shape index (κ1) is 20.4. The van der Waals surface area contributed by atoms with Crippen LogP contribution in [-0.4, -0.2) is 20.8 Å². The lowest BCUT2D eigenvalue weighted by atomic mass is 10.2. The van der Waals surface area contributed by atoms with E-state index in [-0.39, 0.29) is 0 Å². The highest BCUT2D eigenvalue weighted by Crippen LogP contribution is 2.13. The first-order valence-corrected chi connectivity index (χ1v) is 8.95. The van der Waals surface area contributed by atoms with Crippen LogP contribution in [0.15, 0.2) is 43.0 Å². The molecule has 0 spiro atoms. The lowest BCUT2D eigenvalue weighted by Gasteiger charge is -2.07. The van der Waals surface area contributed by atoms with Crippen LogP contribution in [0.2, 0.25) is 0 Å². The predicted molar refractivity (Wildman–Crippen MR) is 79.6 cm³/mol. The van der Waals surface area contributed by atoms with Crippen molar-refractivity contribution in [1.29, 1.82) is 0 Å². The zero-order chi connectivity index (χ0) is 17.8. The van der Waals surface area contributed by atoms with Gasteiger partial charge in [-0.05, 0) is 24.1 Å². The highest BCUT2D eigenvalue weighted by molar-refractivity contribution is 5.27. The molecule has 0 unspecified atom stereocenters. The molecule has 24 heavy (non-hydrogen) atoms. The summed E-state index contributed by atoms with van der Waals surface area (Å²) < 4.78 is 40.5. The second-order valence-corrected chi connectivity index (χ2v) is 5.98. The van der Waals surface area contributed by atoms with E-state index in [1.165, 1.54) is 24.8 Å². The third-order valence-electron chi connectivity index (χ3n) is 3.11. The molecule has 0 atom stereocenters. The van der Waals surface area contributed by atoms with Gasteiger partial charge in [0.2, 0.25) is 0 Å². The molecule has 2 rings (SSSR count). The maximum Gasteiger partial charge on any atom is 0.119 e. The van der Waals surface area contributed by atoms with E-state index in [1.54, 1.807) is 6.20 Å². The standard InChI is InChI=1S/C16H22N2O.ClHO4/c1-2-3-4-5-12-19-16-8-6-15(7-9-16)13-18-11-10-17-14-18;2-1(3,4)5/h6-11,14H,2-5,12-13H2,1H3;(H,2,3,4,5). The van der Waals surface area contributed by atoms with Gasteiger partial charge in [0.1, 0.15) is 5.75 Å². The number of benzene rings is 1. The Bertz CT molecular complexity index is 535. The summed E-state index contributed by atoms with van der Waals surface area (Å²) in [6.45, 7) is 3.90. The van der Waals surface area contributed by atoms with Crippen LogP contribution in [-0.2, 0) is 6.54 Å². The fourth-order valence-corrected chi connectivity index (χ4v) is 2.00. The molecule has 0 aliphatic rings. The number of hydrogen-bond donors (Lipinski definition) is 1. The van der Waals surface area contributed by atoms with Crippen molar-refractivity contribution < 1.29 is 33.6 Å². The van der Waals surface area contributed by atoms with Gasteiger partial charge < -0.3 is 9.30 Å². The van der Waals surface area contributed by atoms with Gasteiger partial charge in [-0.2, -0.15) is 14.0 Å². The van der Waals surface area contributed by atoms with Crippen molar-refractivity contribution in [3.8, 4) is 5.75 Å². The first-order chi connectivity index (χ1) is 11.4. The molecule has 1 aromatic carbocycles. The minimum Gasteiger partial charge on any atom is -0.494 e. The molecule has 0 saturated heterocycles. The number of hydrogen-bond acceptors (Lipinski definition) is 6. The van der Waals surface area contributed by atoms with Crippen LogP contribution >= 0.6 is 0 Å². The molecule has 7 nitrogen and oxygen atoms in total. The molecule has 0 amide bonds. The van der Waals surface area contributed by atoms with Gasteiger partial charge in [-0.15, -0.1) is 0 Å². The van der Waals surface area contributed by atoms with Gasteiger partial charge in [0.05, 0.1) is 27.8 Å². The molecule has 0 bridgehead atoms. The largest absolute Gasteiger partial charge is 0.494 e. The summed E-state index contributed by atoms with van der Waals surface area (Å²) in [5, 5.41) is 0. The van der Waals surface area contributed by atoms with E-state index < -0.39 is 10.2 Å². The van der Waals surface area contributed by atoms with Crippen molar-refractivity contribution in [2.75, 3.05) is 6.61 Å². The Kier molecular flexibility index (Phi) is 9.36. The van der Waals surface area contributed by atoms with Crippen molar-refractivity contribution >= 4 is 0 Å². The van der Waals surface area contributed by atoms with Crippen LogP contribution in [0, 0.1) is 10.2 Å². The van der Waals surface area contributed by atoms with E-state index in [1.807, 2.05) is 24.7 Å². The average Bonchev–Trinajstić information content (AvgIpc) is 3.00. The van der Waals surface area contributed by atoms with Crippen molar-refractivity contribution in [3.63, 3.8) is 0 Å². The van der Waals surface area contributed by atoms with Gasteiger partial charge >= 0.3 is 0 Å². The zero-order valence-electron chi connectivity index (χ0n) is 13.6. The quantitative estimate of drug-likeness (QED) is 0.651. The van der Waals surface area contributed by atoms with Crippen LogP contribution in [0.3, 0.4) is 0 Å². The normalized spacial score (nSPS) is 10.9. The summed E-state index contributed by atoms with van der Waals surface area (Å²) in [5.41, 5.74) is 1.26. The van der Waals surface area contributed by atoms with E-state index >= 15 is 0 Å². The SMILES string of the molecule is CCCCCCOc1ccc(Cn2ccnc2)cc1.[O-][Cl+3]([O-])([O-])O. The number of unbranched alkanes of at least 4 members (excludes halogenated alkanes) is 3. The fourth-order valence-electron chi connectivity index (χ4n) is 2.00. The van der Waals surface area contributed by atoms with Gasteiger partial charge in [0.15, 0.2) is 0 Å². The van der Waals surface area contributed by atoms with Crippen LogP contribution in [0.1, 0.15) is 38.2 Å². The second kappa shape index (κ2) is 11.0. The summed E-state index contributed by atoms with van der Waals surface area (Å²) >= 11 is 0. The molecule has 0 radical (unpaired) electrons. The molecule has 0 fully saturated rings. The van der Waals surface area contributed by atoms with Crippen LogP contribution < -0.4 is 18.7 Å². The molecule has 1 N–H and O–H groups in total. The highest BCUT2D eigenvalue weighted by Gasteiger charge is 1.99. The maximum absolute atomic E-state index is 8.60. The summed E-state index contributed by atoms with van der Waals surface area (Å²) in [6, 6.07) is 8.32. The van der Waals surface area contributed by atoms with Crippen molar-refractivity contribution in [2.45, 2.75) is 39.2 Å². The maximum atomic E-state index is 8.60. The number of aromatic nitrogens is 2. The van der Waals surface area contributed by atoms with Gasteiger partial charge in [0, 0.05) is 18.9 Å². The molecule has 1 aromatic heterocycles. The van der Waals surface area contributed by atoms with Crippen molar-refractivity contribution in [3.05, 3.63) is 48.5 Å². The predicted octanol–water partition coefficient (Wildman–Crippen LogP) is -0.233. The van der Waals surface area contributed by atoms with Crippen molar-refractivity contribution in [2.24, 2.45) is 0 Å². The first-order valence-electron chi connectivity index (χ1n) is 7.69. The number of halogens is 1. The van der Waals surface area contributed by atoms with Gasteiger partial charge in [-0.25, -0.2) is 4.98 Å². The number of ether oxygens (including phenoxy) is 1. The van der Waals surface area contributed by atoms with Crippen LogP contribution in [0.5, 0.6) is 5.75 Å². The van der Waals surface area contributed by atoms with Crippen molar-refractivity contribution in [1.82, 2.24) is 9.55 Å². The number of imidazole rings is 1. The second-order valence-electron chi connectivity index (χ2n) is 5.18. The fraction of sp³-hybridized carbons (Fsp3) is 0.438. The number of rotatable bonds is 8.